The Kier molecular flexibility index (Phi) is 3.15. The SMILES string of the molecule is Nc1cc(Cl)c(Cl)cc1C1=NN(C(=O)C2CC2)CC1. The third-order valence-corrected chi connectivity index (χ3v) is 4.11. The molecule has 1 aliphatic heterocycles. The molecule has 3 rings (SSSR count). The van der Waals surface area contributed by atoms with E-state index in [1.165, 1.54) is 0 Å². The third kappa shape index (κ3) is 2.42. The van der Waals surface area contributed by atoms with E-state index in [0.29, 0.717) is 28.7 Å². The zero-order chi connectivity index (χ0) is 13.6. The lowest BCUT2D eigenvalue weighted by Crippen LogP contribution is -2.24. The fraction of sp³-hybridized carbons (Fsp3) is 0.385. The summed E-state index contributed by atoms with van der Waals surface area (Å²) in [6.45, 7) is 0.615. The molecule has 100 valence electrons. The van der Waals surface area contributed by atoms with Gasteiger partial charge in [-0.2, -0.15) is 5.10 Å². The number of carbonyl (C=O) groups excluding carboxylic acids is 1. The lowest BCUT2D eigenvalue weighted by atomic mass is 10.1. The highest BCUT2D eigenvalue weighted by atomic mass is 35.5. The standard InChI is InChI=1S/C13H13Cl2N3O/c14-9-5-8(11(16)6-10(9)15)12-3-4-18(17-12)13(19)7-1-2-7/h5-7H,1-4,16H2. The Morgan fingerprint density at radius 2 is 2.00 bits per heavy atom. The lowest BCUT2D eigenvalue weighted by Gasteiger charge is -2.10. The van der Waals surface area contributed by atoms with Crippen molar-refractivity contribution in [2.45, 2.75) is 19.3 Å². The normalized spacial score (nSPS) is 18.6. The first kappa shape index (κ1) is 12.8. The molecule has 0 radical (unpaired) electrons. The zero-order valence-electron chi connectivity index (χ0n) is 10.2. The van der Waals surface area contributed by atoms with Crippen LogP contribution in [0.25, 0.3) is 0 Å². The maximum atomic E-state index is 11.9. The number of rotatable bonds is 2. The van der Waals surface area contributed by atoms with E-state index in [4.69, 9.17) is 28.9 Å². The van der Waals surface area contributed by atoms with Crippen LogP contribution < -0.4 is 5.73 Å². The van der Waals surface area contributed by atoms with Crippen LogP contribution in [0.1, 0.15) is 24.8 Å². The molecule has 1 aromatic carbocycles. The molecule has 4 nitrogen and oxygen atoms in total. The van der Waals surface area contributed by atoms with Crippen LogP contribution in [0.2, 0.25) is 10.0 Å². The van der Waals surface area contributed by atoms with Crippen molar-refractivity contribution < 1.29 is 4.79 Å². The molecule has 2 N–H and O–H groups in total. The second-order valence-electron chi connectivity index (χ2n) is 4.89. The molecule has 2 aliphatic rings. The van der Waals surface area contributed by atoms with Crippen molar-refractivity contribution >= 4 is 40.5 Å². The Bertz CT molecular complexity index is 581. The van der Waals surface area contributed by atoms with Gasteiger partial charge in [0.1, 0.15) is 0 Å². The molecule has 0 bridgehead atoms. The number of hydrazone groups is 1. The van der Waals surface area contributed by atoms with Crippen LogP contribution in [0, 0.1) is 5.92 Å². The molecular weight excluding hydrogens is 285 g/mol. The third-order valence-electron chi connectivity index (χ3n) is 3.39. The first-order valence-electron chi connectivity index (χ1n) is 6.20. The summed E-state index contributed by atoms with van der Waals surface area (Å²) >= 11 is 11.9. The summed E-state index contributed by atoms with van der Waals surface area (Å²) in [5.41, 5.74) is 8.03. The minimum absolute atomic E-state index is 0.119. The molecule has 1 aliphatic carbocycles. The van der Waals surface area contributed by atoms with Crippen LogP contribution in [-0.4, -0.2) is 23.2 Å². The summed E-state index contributed by atoms with van der Waals surface area (Å²) in [4.78, 5) is 11.9. The largest absolute Gasteiger partial charge is 0.398 e. The molecule has 0 saturated heterocycles. The smallest absolute Gasteiger partial charge is 0.245 e. The van der Waals surface area contributed by atoms with Crippen molar-refractivity contribution in [1.29, 1.82) is 0 Å². The predicted octanol–water partition coefficient (Wildman–Crippen LogP) is 2.92. The van der Waals surface area contributed by atoms with Crippen LogP contribution >= 0.6 is 23.2 Å². The quantitative estimate of drug-likeness (QED) is 0.853. The molecule has 1 heterocycles. The molecule has 0 unspecified atom stereocenters. The molecule has 0 atom stereocenters. The van der Waals surface area contributed by atoms with Crippen molar-refractivity contribution in [2.75, 3.05) is 12.3 Å². The molecule has 1 fully saturated rings. The fourth-order valence-electron chi connectivity index (χ4n) is 2.16. The number of hydrogen-bond acceptors (Lipinski definition) is 3. The van der Waals surface area contributed by atoms with Gasteiger partial charge in [-0.1, -0.05) is 23.2 Å². The topological polar surface area (TPSA) is 58.7 Å². The summed E-state index contributed by atoms with van der Waals surface area (Å²) in [5, 5.41) is 6.79. The van der Waals surface area contributed by atoms with E-state index in [2.05, 4.69) is 5.10 Å². The Labute approximate surface area is 121 Å². The number of benzene rings is 1. The summed E-state index contributed by atoms with van der Waals surface area (Å²) in [6.07, 6.45) is 2.66. The summed E-state index contributed by atoms with van der Waals surface area (Å²) in [6, 6.07) is 3.33. The Balaban J connectivity index is 1.88. The highest BCUT2D eigenvalue weighted by molar-refractivity contribution is 6.42. The molecule has 0 spiro atoms. The molecule has 1 aromatic rings. The first-order chi connectivity index (χ1) is 9.06. The van der Waals surface area contributed by atoms with Crippen molar-refractivity contribution in [1.82, 2.24) is 5.01 Å². The molecule has 6 heteroatoms. The minimum Gasteiger partial charge on any atom is -0.398 e. The molecule has 0 aromatic heterocycles. The zero-order valence-corrected chi connectivity index (χ0v) is 11.7. The van der Waals surface area contributed by atoms with Crippen LogP contribution in [0.3, 0.4) is 0 Å². The van der Waals surface area contributed by atoms with Gasteiger partial charge in [0, 0.05) is 23.6 Å². The number of halogens is 2. The number of carbonyl (C=O) groups is 1. The van der Waals surface area contributed by atoms with E-state index in [9.17, 15) is 4.79 Å². The average molecular weight is 298 g/mol. The number of amides is 1. The van der Waals surface area contributed by atoms with Crippen molar-refractivity contribution in [3.8, 4) is 0 Å². The highest BCUT2D eigenvalue weighted by Gasteiger charge is 2.35. The molecule has 19 heavy (non-hydrogen) atoms. The van der Waals surface area contributed by atoms with Gasteiger partial charge in [-0.15, -0.1) is 0 Å². The van der Waals surface area contributed by atoms with Gasteiger partial charge in [-0.05, 0) is 25.0 Å². The minimum atomic E-state index is 0.119. The monoisotopic (exact) mass is 297 g/mol. The number of nitrogen functional groups attached to an aromatic ring is 1. The van der Waals surface area contributed by atoms with Gasteiger partial charge in [0.15, 0.2) is 0 Å². The Morgan fingerprint density at radius 1 is 1.32 bits per heavy atom. The maximum Gasteiger partial charge on any atom is 0.245 e. The fourth-order valence-corrected chi connectivity index (χ4v) is 2.49. The van der Waals surface area contributed by atoms with Crippen LogP contribution in [0.4, 0.5) is 5.69 Å². The van der Waals surface area contributed by atoms with E-state index in [1.54, 1.807) is 17.1 Å². The van der Waals surface area contributed by atoms with Gasteiger partial charge in [-0.3, -0.25) is 4.79 Å². The highest BCUT2D eigenvalue weighted by Crippen LogP contribution is 2.33. The van der Waals surface area contributed by atoms with Crippen molar-refractivity contribution in [3.63, 3.8) is 0 Å². The van der Waals surface area contributed by atoms with Crippen LogP contribution in [0.5, 0.6) is 0 Å². The molecule has 1 amide bonds. The average Bonchev–Trinajstić information content (AvgIpc) is 3.11. The van der Waals surface area contributed by atoms with Gasteiger partial charge >= 0.3 is 0 Å². The second-order valence-corrected chi connectivity index (χ2v) is 5.70. The number of nitrogens with zero attached hydrogens (tertiary/aromatic N) is 2. The van der Waals surface area contributed by atoms with Gasteiger partial charge in [0.05, 0.1) is 22.3 Å². The lowest BCUT2D eigenvalue weighted by molar-refractivity contribution is -0.132. The Morgan fingerprint density at radius 3 is 2.68 bits per heavy atom. The van der Waals surface area contributed by atoms with Gasteiger partial charge in [0.2, 0.25) is 5.91 Å². The van der Waals surface area contributed by atoms with Crippen LogP contribution in [0.15, 0.2) is 17.2 Å². The number of nitrogens with two attached hydrogens (primary N) is 1. The van der Waals surface area contributed by atoms with Crippen molar-refractivity contribution in [2.24, 2.45) is 11.0 Å². The van der Waals surface area contributed by atoms with Gasteiger partial charge in [-0.25, -0.2) is 5.01 Å². The van der Waals surface area contributed by atoms with E-state index < -0.39 is 0 Å². The molecular formula is C13H13Cl2N3O. The van der Waals surface area contributed by atoms with Gasteiger partial charge in [0.25, 0.3) is 0 Å². The second kappa shape index (κ2) is 4.69. The van der Waals surface area contributed by atoms with Crippen molar-refractivity contribution in [3.05, 3.63) is 27.7 Å². The van der Waals surface area contributed by atoms with Crippen LogP contribution in [-0.2, 0) is 4.79 Å². The van der Waals surface area contributed by atoms with E-state index in [-0.39, 0.29) is 11.8 Å². The summed E-state index contributed by atoms with van der Waals surface area (Å²) < 4.78 is 0. The number of anilines is 1. The summed E-state index contributed by atoms with van der Waals surface area (Å²) in [5.74, 6) is 0.294. The predicted molar refractivity (Wildman–Crippen MR) is 76.5 cm³/mol. The number of hydrogen-bond donors (Lipinski definition) is 1. The van der Waals surface area contributed by atoms with E-state index in [0.717, 1.165) is 24.1 Å². The van der Waals surface area contributed by atoms with E-state index >= 15 is 0 Å². The first-order valence-corrected chi connectivity index (χ1v) is 6.95. The molecule has 1 saturated carbocycles. The van der Waals surface area contributed by atoms with E-state index in [1.807, 2.05) is 0 Å². The van der Waals surface area contributed by atoms with Gasteiger partial charge < -0.3 is 5.73 Å². The maximum absolute atomic E-state index is 11.9. The Hall–Kier alpha value is -1.26. The summed E-state index contributed by atoms with van der Waals surface area (Å²) in [7, 11) is 0.